The fourth-order valence-electron chi connectivity index (χ4n) is 0.975. The molecule has 0 atom stereocenters. The van der Waals surface area contributed by atoms with Crippen LogP contribution in [-0.2, 0) is 0 Å². The van der Waals surface area contributed by atoms with Crippen molar-refractivity contribution in [2.24, 2.45) is 0 Å². The number of rotatable bonds is 4. The molecule has 1 aromatic rings. The van der Waals surface area contributed by atoms with E-state index in [1.54, 1.807) is 0 Å². The van der Waals surface area contributed by atoms with Crippen LogP contribution in [-0.4, -0.2) is 34.6 Å². The molecule has 5 nitrogen and oxygen atoms in total. The quantitative estimate of drug-likeness (QED) is 0.854. The van der Waals surface area contributed by atoms with Crippen LogP contribution in [0.3, 0.4) is 0 Å². The Labute approximate surface area is 94.9 Å². The molecule has 1 rings (SSSR count). The summed E-state index contributed by atoms with van der Waals surface area (Å²) in [5.74, 6) is 1.10. The van der Waals surface area contributed by atoms with Gasteiger partial charge >= 0.3 is 0 Å². The van der Waals surface area contributed by atoms with Gasteiger partial charge in [0.1, 0.15) is 0 Å². The van der Waals surface area contributed by atoms with E-state index in [0.717, 1.165) is 6.54 Å². The highest BCUT2D eigenvalue weighted by atomic mass is 35.5. The standard InChI is InChI=1S/C9H16ClN5/c1-5-15(4)9-13-7(10)12-8(14-9)11-6(2)3/h6H,5H2,1-4H3,(H,11,12,13,14). The summed E-state index contributed by atoms with van der Waals surface area (Å²) in [4.78, 5) is 14.2. The van der Waals surface area contributed by atoms with E-state index in [2.05, 4.69) is 20.3 Å². The van der Waals surface area contributed by atoms with Crippen LogP contribution in [0.25, 0.3) is 0 Å². The predicted molar refractivity (Wildman–Crippen MR) is 62.5 cm³/mol. The van der Waals surface area contributed by atoms with Gasteiger partial charge < -0.3 is 10.2 Å². The maximum absolute atomic E-state index is 5.81. The van der Waals surface area contributed by atoms with Gasteiger partial charge in [-0.25, -0.2) is 0 Å². The Kier molecular flexibility index (Phi) is 4.08. The lowest BCUT2D eigenvalue weighted by atomic mass is 10.4. The Morgan fingerprint density at radius 2 is 2.00 bits per heavy atom. The normalized spacial score (nSPS) is 10.5. The van der Waals surface area contributed by atoms with Gasteiger partial charge in [-0.05, 0) is 32.4 Å². The molecule has 0 saturated heterocycles. The first-order valence-corrected chi connectivity index (χ1v) is 5.30. The van der Waals surface area contributed by atoms with E-state index >= 15 is 0 Å². The minimum Gasteiger partial charge on any atom is -0.352 e. The topological polar surface area (TPSA) is 53.9 Å². The molecular weight excluding hydrogens is 214 g/mol. The zero-order valence-corrected chi connectivity index (χ0v) is 10.2. The maximum Gasteiger partial charge on any atom is 0.231 e. The average Bonchev–Trinajstić information content (AvgIpc) is 2.14. The van der Waals surface area contributed by atoms with Crippen LogP contribution < -0.4 is 10.2 Å². The van der Waals surface area contributed by atoms with Crippen molar-refractivity contribution >= 4 is 23.5 Å². The Balaban J connectivity index is 2.94. The summed E-state index contributed by atoms with van der Waals surface area (Å²) in [5, 5.41) is 3.30. The first kappa shape index (κ1) is 12.0. The number of nitrogens with one attached hydrogen (secondary N) is 1. The van der Waals surface area contributed by atoms with Gasteiger partial charge in [-0.1, -0.05) is 0 Å². The molecule has 0 unspecified atom stereocenters. The molecule has 0 aliphatic carbocycles. The minimum absolute atomic E-state index is 0.212. The molecule has 0 radical (unpaired) electrons. The molecule has 0 aliphatic heterocycles. The highest BCUT2D eigenvalue weighted by Gasteiger charge is 2.08. The van der Waals surface area contributed by atoms with Gasteiger partial charge in [-0.15, -0.1) is 0 Å². The highest BCUT2D eigenvalue weighted by molar-refractivity contribution is 6.28. The third-order valence-electron chi connectivity index (χ3n) is 1.83. The van der Waals surface area contributed by atoms with E-state index < -0.39 is 0 Å². The molecular formula is C9H16ClN5. The number of anilines is 2. The predicted octanol–water partition coefficient (Wildman–Crippen LogP) is 1.80. The lowest BCUT2D eigenvalue weighted by Gasteiger charge is -2.15. The van der Waals surface area contributed by atoms with Crippen molar-refractivity contribution in [3.8, 4) is 0 Å². The lowest BCUT2D eigenvalue weighted by molar-refractivity contribution is 0.844. The fourth-order valence-corrected chi connectivity index (χ4v) is 1.13. The highest BCUT2D eigenvalue weighted by Crippen LogP contribution is 2.12. The minimum atomic E-state index is 0.212. The van der Waals surface area contributed by atoms with Crippen LogP contribution in [0.5, 0.6) is 0 Å². The number of halogens is 1. The fraction of sp³-hybridized carbons (Fsp3) is 0.667. The van der Waals surface area contributed by atoms with Crippen LogP contribution in [0.2, 0.25) is 5.28 Å². The van der Waals surface area contributed by atoms with Gasteiger partial charge in [0.05, 0.1) is 0 Å². The van der Waals surface area contributed by atoms with Gasteiger partial charge in [0.15, 0.2) is 0 Å². The molecule has 15 heavy (non-hydrogen) atoms. The molecule has 0 aliphatic rings. The molecule has 0 amide bonds. The van der Waals surface area contributed by atoms with Crippen LogP contribution in [0.1, 0.15) is 20.8 Å². The van der Waals surface area contributed by atoms with Crippen molar-refractivity contribution in [3.05, 3.63) is 5.28 Å². The summed E-state index contributed by atoms with van der Waals surface area (Å²) in [5.41, 5.74) is 0. The van der Waals surface area contributed by atoms with Crippen molar-refractivity contribution in [1.82, 2.24) is 15.0 Å². The Morgan fingerprint density at radius 1 is 1.33 bits per heavy atom. The number of hydrogen-bond acceptors (Lipinski definition) is 5. The summed E-state index contributed by atoms with van der Waals surface area (Å²) < 4.78 is 0. The molecule has 0 fully saturated rings. The summed E-state index contributed by atoms with van der Waals surface area (Å²) in [7, 11) is 1.91. The van der Waals surface area contributed by atoms with Crippen molar-refractivity contribution in [2.75, 3.05) is 23.8 Å². The van der Waals surface area contributed by atoms with Crippen LogP contribution >= 0.6 is 11.6 Å². The summed E-state index contributed by atoms with van der Waals surface area (Å²) >= 11 is 5.81. The second kappa shape index (κ2) is 5.11. The van der Waals surface area contributed by atoms with E-state index in [-0.39, 0.29) is 11.3 Å². The SMILES string of the molecule is CCN(C)c1nc(Cl)nc(NC(C)C)n1. The van der Waals surface area contributed by atoms with Gasteiger partial charge in [0.25, 0.3) is 0 Å². The van der Waals surface area contributed by atoms with Gasteiger partial charge in [-0.3, -0.25) is 0 Å². The van der Waals surface area contributed by atoms with Crippen molar-refractivity contribution in [3.63, 3.8) is 0 Å². The molecule has 1 heterocycles. The van der Waals surface area contributed by atoms with Crippen LogP contribution in [0.15, 0.2) is 0 Å². The van der Waals surface area contributed by atoms with Crippen molar-refractivity contribution in [2.45, 2.75) is 26.8 Å². The molecule has 0 aromatic carbocycles. The molecule has 1 N–H and O–H groups in total. The number of nitrogens with zero attached hydrogens (tertiary/aromatic N) is 4. The summed E-state index contributed by atoms with van der Waals surface area (Å²) in [6.45, 7) is 6.87. The molecule has 84 valence electrons. The summed E-state index contributed by atoms with van der Waals surface area (Å²) in [6, 6.07) is 0.267. The Hall–Kier alpha value is -1.10. The Morgan fingerprint density at radius 3 is 2.53 bits per heavy atom. The zero-order valence-electron chi connectivity index (χ0n) is 9.45. The van der Waals surface area contributed by atoms with Gasteiger partial charge in [0, 0.05) is 19.6 Å². The first-order valence-electron chi connectivity index (χ1n) is 4.92. The van der Waals surface area contributed by atoms with Crippen molar-refractivity contribution in [1.29, 1.82) is 0 Å². The van der Waals surface area contributed by atoms with Crippen molar-refractivity contribution < 1.29 is 0 Å². The zero-order chi connectivity index (χ0) is 11.4. The average molecular weight is 230 g/mol. The van der Waals surface area contributed by atoms with E-state index in [9.17, 15) is 0 Å². The molecule has 6 heteroatoms. The van der Waals surface area contributed by atoms with Gasteiger partial charge in [-0.2, -0.15) is 15.0 Å². The maximum atomic E-state index is 5.81. The van der Waals surface area contributed by atoms with Gasteiger partial charge in [0.2, 0.25) is 17.2 Å². The smallest absolute Gasteiger partial charge is 0.231 e. The van der Waals surface area contributed by atoms with E-state index in [1.807, 2.05) is 32.7 Å². The second-order valence-corrected chi connectivity index (χ2v) is 3.88. The summed E-state index contributed by atoms with van der Waals surface area (Å²) in [6.07, 6.45) is 0. The third kappa shape index (κ3) is 3.51. The Bertz CT molecular complexity index is 328. The first-order chi connectivity index (χ1) is 7.02. The van der Waals surface area contributed by atoms with Crippen LogP contribution in [0, 0.1) is 0 Å². The molecule has 1 aromatic heterocycles. The monoisotopic (exact) mass is 229 g/mol. The molecule has 0 saturated carbocycles. The van der Waals surface area contributed by atoms with E-state index in [0.29, 0.717) is 11.9 Å². The molecule has 0 bridgehead atoms. The van der Waals surface area contributed by atoms with E-state index in [1.165, 1.54) is 0 Å². The van der Waals surface area contributed by atoms with E-state index in [4.69, 9.17) is 11.6 Å². The van der Waals surface area contributed by atoms with Crippen LogP contribution in [0.4, 0.5) is 11.9 Å². The lowest BCUT2D eigenvalue weighted by Crippen LogP contribution is -2.21. The molecule has 0 spiro atoms. The number of aromatic nitrogens is 3. The second-order valence-electron chi connectivity index (χ2n) is 3.54. The largest absolute Gasteiger partial charge is 0.352 e. The number of hydrogen-bond donors (Lipinski definition) is 1. The third-order valence-corrected chi connectivity index (χ3v) is 2.00.